The lowest BCUT2D eigenvalue weighted by Gasteiger charge is -2.27. The number of nitrogens with one attached hydrogen (secondary N) is 2. The van der Waals surface area contributed by atoms with Crippen molar-refractivity contribution in [2.45, 2.75) is 18.9 Å². The Balaban J connectivity index is 0.864. The first-order valence-corrected chi connectivity index (χ1v) is 16.9. The van der Waals surface area contributed by atoms with Crippen LogP contribution in [-0.2, 0) is 14.3 Å². The van der Waals surface area contributed by atoms with E-state index in [-0.39, 0.29) is 30.6 Å². The minimum absolute atomic E-state index is 0.0663. The maximum absolute atomic E-state index is 13.0. The van der Waals surface area contributed by atoms with Crippen LogP contribution in [0.3, 0.4) is 0 Å². The van der Waals surface area contributed by atoms with Gasteiger partial charge in [-0.1, -0.05) is 0 Å². The Morgan fingerprint density at radius 2 is 1.72 bits per heavy atom. The van der Waals surface area contributed by atoms with Crippen LogP contribution < -0.4 is 20.3 Å². The molecular formula is C36H33N7O6S. The number of hydrogen-bond donors (Lipinski definition) is 2. The number of nitrogens with zero attached hydrogens (tertiary/aromatic N) is 5. The molecule has 0 saturated carbocycles. The summed E-state index contributed by atoms with van der Waals surface area (Å²) in [7, 11) is 3.92. The monoisotopic (exact) mass is 691 g/mol. The summed E-state index contributed by atoms with van der Waals surface area (Å²) in [6.45, 7) is 1.58. The van der Waals surface area contributed by atoms with Gasteiger partial charge in [-0.25, -0.2) is 9.97 Å². The Kier molecular flexibility index (Phi) is 9.19. The summed E-state index contributed by atoms with van der Waals surface area (Å²) in [5.41, 5.74) is 5.00. The van der Waals surface area contributed by atoms with Gasteiger partial charge in [-0.3, -0.25) is 34.4 Å². The van der Waals surface area contributed by atoms with Crippen molar-refractivity contribution < 1.29 is 28.7 Å². The molecule has 1 fully saturated rings. The lowest BCUT2D eigenvalue weighted by atomic mass is 10.0. The number of pyridine rings is 2. The standard InChI is InChI=1S/C36H33N7O6S/c1-42(2)31-11-4-21(19-39-31)27-8-3-22(20-38-27)34-40-28-9-5-23(17-30(28)50-34)37-13-14-48-15-16-49-24-6-7-25-26(18-24)36(47)43(35(25)46)29-10-12-32(44)41-33(29)45/h3-9,11,17-20,29,37H,10,12-16H2,1-2H3,(H,41,44,45). The number of imide groups is 2. The molecule has 1 saturated heterocycles. The highest BCUT2D eigenvalue weighted by Gasteiger charge is 2.44. The molecule has 1 atom stereocenters. The van der Waals surface area contributed by atoms with Crippen molar-refractivity contribution in [1.29, 1.82) is 0 Å². The van der Waals surface area contributed by atoms with Crippen LogP contribution in [0.15, 0.2) is 73.1 Å². The van der Waals surface area contributed by atoms with Crippen LogP contribution in [0, 0.1) is 0 Å². The molecule has 50 heavy (non-hydrogen) atoms. The molecule has 2 N–H and O–H groups in total. The number of hydrogen-bond acceptors (Lipinski definition) is 12. The number of fused-ring (bicyclic) bond motifs is 2. The van der Waals surface area contributed by atoms with Gasteiger partial charge in [-0.2, -0.15) is 0 Å². The van der Waals surface area contributed by atoms with Crippen LogP contribution in [-0.4, -0.2) is 90.0 Å². The highest BCUT2D eigenvalue weighted by Crippen LogP contribution is 2.33. The normalized spacial score (nSPS) is 15.7. The van der Waals surface area contributed by atoms with E-state index in [1.54, 1.807) is 17.4 Å². The maximum atomic E-state index is 13.0. The van der Waals surface area contributed by atoms with Gasteiger partial charge in [0.15, 0.2) is 0 Å². The minimum atomic E-state index is -1.01. The number of aromatic nitrogens is 3. The number of anilines is 2. The molecule has 13 nitrogen and oxygen atoms in total. The number of rotatable bonds is 12. The van der Waals surface area contributed by atoms with E-state index < -0.39 is 29.7 Å². The van der Waals surface area contributed by atoms with Gasteiger partial charge in [0.05, 0.1) is 40.3 Å². The van der Waals surface area contributed by atoms with E-state index >= 15 is 0 Å². The average molecular weight is 692 g/mol. The predicted molar refractivity (Wildman–Crippen MR) is 188 cm³/mol. The lowest BCUT2D eigenvalue weighted by molar-refractivity contribution is -0.136. The summed E-state index contributed by atoms with van der Waals surface area (Å²) < 4.78 is 12.5. The van der Waals surface area contributed by atoms with Gasteiger partial charge in [0.1, 0.15) is 29.2 Å². The summed E-state index contributed by atoms with van der Waals surface area (Å²) in [4.78, 5) is 66.5. The lowest BCUT2D eigenvalue weighted by Crippen LogP contribution is -2.54. The summed E-state index contributed by atoms with van der Waals surface area (Å²) >= 11 is 1.61. The van der Waals surface area contributed by atoms with E-state index in [0.29, 0.717) is 25.5 Å². The molecule has 5 heterocycles. The fourth-order valence-electron chi connectivity index (χ4n) is 5.78. The van der Waals surface area contributed by atoms with E-state index in [1.807, 2.05) is 67.8 Å². The van der Waals surface area contributed by atoms with Crippen LogP contribution in [0.25, 0.3) is 32.0 Å². The Bertz CT molecular complexity index is 2100. The topological polar surface area (TPSA) is 156 Å². The van der Waals surface area contributed by atoms with Crippen LogP contribution in [0.2, 0.25) is 0 Å². The molecule has 254 valence electrons. The minimum Gasteiger partial charge on any atom is -0.491 e. The quantitative estimate of drug-likeness (QED) is 0.141. The maximum Gasteiger partial charge on any atom is 0.262 e. The number of carbonyl (C=O) groups is 4. The van der Waals surface area contributed by atoms with Gasteiger partial charge in [-0.15, -0.1) is 11.3 Å². The van der Waals surface area contributed by atoms with E-state index in [1.165, 1.54) is 12.1 Å². The van der Waals surface area contributed by atoms with Gasteiger partial charge in [0, 0.05) is 56.3 Å². The molecule has 7 rings (SSSR count). The number of amides is 4. The first-order valence-electron chi connectivity index (χ1n) is 16.1. The van der Waals surface area contributed by atoms with Crippen molar-refractivity contribution in [3.05, 3.63) is 84.2 Å². The van der Waals surface area contributed by atoms with E-state index in [2.05, 4.69) is 26.7 Å². The number of carbonyl (C=O) groups excluding carboxylic acids is 4. The summed E-state index contributed by atoms with van der Waals surface area (Å²) in [5, 5.41) is 6.46. The molecule has 3 aromatic heterocycles. The first kappa shape index (κ1) is 32.8. The van der Waals surface area contributed by atoms with Crippen LogP contribution >= 0.6 is 11.3 Å². The zero-order valence-electron chi connectivity index (χ0n) is 27.3. The largest absolute Gasteiger partial charge is 0.491 e. The molecule has 2 aliphatic heterocycles. The second-order valence-corrected chi connectivity index (χ2v) is 13.0. The third kappa shape index (κ3) is 6.75. The van der Waals surface area contributed by atoms with Crippen molar-refractivity contribution in [3.8, 4) is 27.6 Å². The van der Waals surface area contributed by atoms with Crippen molar-refractivity contribution in [2.75, 3.05) is 50.7 Å². The first-order chi connectivity index (χ1) is 24.2. The third-order valence-corrected chi connectivity index (χ3v) is 9.45. The van der Waals surface area contributed by atoms with Gasteiger partial charge >= 0.3 is 0 Å². The average Bonchev–Trinajstić information content (AvgIpc) is 3.65. The second-order valence-electron chi connectivity index (χ2n) is 12.0. The van der Waals surface area contributed by atoms with Gasteiger partial charge in [0.25, 0.3) is 11.8 Å². The Labute approximate surface area is 291 Å². The van der Waals surface area contributed by atoms with Crippen molar-refractivity contribution in [3.63, 3.8) is 0 Å². The van der Waals surface area contributed by atoms with Gasteiger partial charge < -0.3 is 19.7 Å². The smallest absolute Gasteiger partial charge is 0.262 e. The Morgan fingerprint density at radius 1 is 0.900 bits per heavy atom. The number of thiazole rings is 1. The highest BCUT2D eigenvalue weighted by atomic mass is 32.1. The Morgan fingerprint density at radius 3 is 2.48 bits per heavy atom. The number of ether oxygens (including phenoxy) is 2. The number of piperidine rings is 1. The second kappa shape index (κ2) is 14.0. The fraction of sp³-hybridized carbons (Fsp3) is 0.250. The van der Waals surface area contributed by atoms with Crippen LogP contribution in [0.4, 0.5) is 11.5 Å². The third-order valence-electron chi connectivity index (χ3n) is 8.38. The molecule has 0 aliphatic carbocycles. The van der Waals surface area contributed by atoms with Crippen LogP contribution in [0.5, 0.6) is 5.75 Å². The molecule has 14 heteroatoms. The van der Waals surface area contributed by atoms with Crippen molar-refractivity contribution >= 4 is 56.7 Å². The van der Waals surface area contributed by atoms with Gasteiger partial charge in [-0.05, 0) is 67.1 Å². The van der Waals surface area contributed by atoms with E-state index in [0.717, 1.165) is 48.5 Å². The molecule has 2 aliphatic rings. The van der Waals surface area contributed by atoms with Crippen molar-refractivity contribution in [2.24, 2.45) is 0 Å². The zero-order chi connectivity index (χ0) is 34.8. The molecule has 2 aromatic carbocycles. The molecule has 1 unspecified atom stereocenters. The molecular weight excluding hydrogens is 659 g/mol. The summed E-state index contributed by atoms with van der Waals surface area (Å²) in [6.07, 6.45) is 3.84. The zero-order valence-corrected chi connectivity index (χ0v) is 28.2. The molecule has 0 radical (unpaired) electrons. The Hall–Kier alpha value is -5.73. The van der Waals surface area contributed by atoms with E-state index in [9.17, 15) is 19.2 Å². The fourth-order valence-corrected chi connectivity index (χ4v) is 6.77. The molecule has 0 spiro atoms. The highest BCUT2D eigenvalue weighted by molar-refractivity contribution is 7.21. The number of benzene rings is 2. The summed E-state index contributed by atoms with van der Waals surface area (Å²) in [6, 6.07) is 17.7. The SMILES string of the molecule is CN(C)c1ccc(-c2ccc(-c3nc4ccc(NCCOCCOc5ccc6c(c5)C(=O)N(C5CCC(=O)NC5=O)C6=O)cc4s3)cn2)cn1. The summed E-state index contributed by atoms with van der Waals surface area (Å²) in [5.74, 6) is -0.891. The predicted octanol–water partition coefficient (Wildman–Crippen LogP) is 4.40. The van der Waals surface area contributed by atoms with Gasteiger partial charge in [0.2, 0.25) is 11.8 Å². The molecule has 4 amide bonds. The molecule has 5 aromatic rings. The molecule has 0 bridgehead atoms. The van der Waals surface area contributed by atoms with Crippen molar-refractivity contribution in [1.82, 2.24) is 25.2 Å². The van der Waals surface area contributed by atoms with E-state index in [4.69, 9.17) is 14.5 Å². The van der Waals surface area contributed by atoms with Crippen LogP contribution in [0.1, 0.15) is 33.6 Å².